The standard InChI is InChI=1S/C12H25N3O3/c1-7(2)6-9(13-4)11(17)15-10(8(3)16)12(18)14-5/h7-10,13,16H,6H2,1-5H3,(H,14,18)(H,15,17)/t8-,9+,10+/m1/s1. The number of hydrogen-bond acceptors (Lipinski definition) is 4. The molecule has 6 nitrogen and oxygen atoms in total. The Hall–Kier alpha value is -1.14. The number of rotatable bonds is 7. The van der Waals surface area contributed by atoms with Crippen molar-refractivity contribution in [2.75, 3.05) is 14.1 Å². The van der Waals surface area contributed by atoms with E-state index in [1.807, 2.05) is 13.8 Å². The number of carbonyl (C=O) groups is 2. The Morgan fingerprint density at radius 1 is 1.11 bits per heavy atom. The lowest BCUT2D eigenvalue weighted by atomic mass is 10.0. The van der Waals surface area contributed by atoms with Gasteiger partial charge in [0.05, 0.1) is 12.1 Å². The molecule has 0 saturated carbocycles. The summed E-state index contributed by atoms with van der Waals surface area (Å²) in [5, 5.41) is 17.4. The van der Waals surface area contributed by atoms with Crippen molar-refractivity contribution < 1.29 is 14.7 Å². The Bertz CT molecular complexity index is 280. The molecule has 0 aliphatic heterocycles. The predicted octanol–water partition coefficient (Wildman–Crippen LogP) is -0.768. The lowest BCUT2D eigenvalue weighted by Crippen LogP contribution is -2.56. The number of amides is 2. The molecular weight excluding hydrogens is 234 g/mol. The molecule has 0 radical (unpaired) electrons. The molecule has 0 aromatic carbocycles. The van der Waals surface area contributed by atoms with Gasteiger partial charge in [-0.2, -0.15) is 0 Å². The number of nitrogens with one attached hydrogen (secondary N) is 3. The van der Waals surface area contributed by atoms with Gasteiger partial charge in [-0.3, -0.25) is 9.59 Å². The first kappa shape index (κ1) is 16.9. The summed E-state index contributed by atoms with van der Waals surface area (Å²) in [5.41, 5.74) is 0. The van der Waals surface area contributed by atoms with Crippen molar-refractivity contribution >= 4 is 11.8 Å². The summed E-state index contributed by atoms with van der Waals surface area (Å²) in [7, 11) is 3.16. The zero-order valence-electron chi connectivity index (χ0n) is 11.8. The van der Waals surface area contributed by atoms with Crippen molar-refractivity contribution in [3.8, 4) is 0 Å². The third kappa shape index (κ3) is 5.46. The van der Waals surface area contributed by atoms with Gasteiger partial charge in [0.1, 0.15) is 6.04 Å². The summed E-state index contributed by atoms with van der Waals surface area (Å²) in [6.45, 7) is 5.50. The molecule has 0 heterocycles. The summed E-state index contributed by atoms with van der Waals surface area (Å²) in [6, 6.07) is -1.29. The van der Waals surface area contributed by atoms with Gasteiger partial charge in [-0.25, -0.2) is 0 Å². The number of hydrogen-bond donors (Lipinski definition) is 4. The average Bonchev–Trinajstić information content (AvgIpc) is 2.30. The lowest BCUT2D eigenvalue weighted by Gasteiger charge is -2.24. The molecule has 18 heavy (non-hydrogen) atoms. The molecule has 6 heteroatoms. The van der Waals surface area contributed by atoms with E-state index < -0.39 is 18.1 Å². The number of likely N-dealkylation sites (N-methyl/N-ethyl adjacent to an activating group) is 2. The molecular formula is C12H25N3O3. The molecule has 0 bridgehead atoms. The normalized spacial score (nSPS) is 15.9. The van der Waals surface area contributed by atoms with Crippen LogP contribution >= 0.6 is 0 Å². The quantitative estimate of drug-likeness (QED) is 0.483. The van der Waals surface area contributed by atoms with E-state index in [2.05, 4.69) is 16.0 Å². The third-order valence-electron chi connectivity index (χ3n) is 2.68. The second-order valence-electron chi connectivity index (χ2n) is 4.81. The highest BCUT2D eigenvalue weighted by atomic mass is 16.3. The van der Waals surface area contributed by atoms with E-state index in [1.165, 1.54) is 14.0 Å². The first-order valence-electron chi connectivity index (χ1n) is 6.20. The van der Waals surface area contributed by atoms with E-state index in [1.54, 1.807) is 7.05 Å². The van der Waals surface area contributed by atoms with Crippen LogP contribution in [0.1, 0.15) is 27.2 Å². The average molecular weight is 259 g/mol. The SMILES string of the molecule is CNC(=O)[C@@H](NC(=O)[C@H](CC(C)C)NC)[C@@H](C)O. The van der Waals surface area contributed by atoms with Crippen LogP contribution in [-0.4, -0.2) is 49.2 Å². The number of carbonyl (C=O) groups excluding carboxylic acids is 2. The molecule has 2 amide bonds. The maximum Gasteiger partial charge on any atom is 0.245 e. The van der Waals surface area contributed by atoms with Crippen molar-refractivity contribution in [3.05, 3.63) is 0 Å². The van der Waals surface area contributed by atoms with Gasteiger partial charge in [-0.15, -0.1) is 0 Å². The van der Waals surface area contributed by atoms with Crippen LogP contribution in [0.3, 0.4) is 0 Å². The van der Waals surface area contributed by atoms with Crippen molar-refractivity contribution in [2.45, 2.75) is 45.4 Å². The summed E-state index contributed by atoms with van der Waals surface area (Å²) in [4.78, 5) is 23.5. The first-order valence-corrected chi connectivity index (χ1v) is 6.20. The number of aliphatic hydroxyl groups excluding tert-OH is 1. The van der Waals surface area contributed by atoms with Gasteiger partial charge in [-0.1, -0.05) is 13.8 Å². The Kier molecular flexibility index (Phi) is 7.54. The fourth-order valence-corrected chi connectivity index (χ4v) is 1.64. The van der Waals surface area contributed by atoms with Crippen molar-refractivity contribution in [1.82, 2.24) is 16.0 Å². The molecule has 0 rings (SSSR count). The van der Waals surface area contributed by atoms with Gasteiger partial charge in [-0.05, 0) is 26.3 Å². The van der Waals surface area contributed by atoms with Gasteiger partial charge in [0.25, 0.3) is 0 Å². The zero-order chi connectivity index (χ0) is 14.3. The van der Waals surface area contributed by atoms with Gasteiger partial charge < -0.3 is 21.1 Å². The van der Waals surface area contributed by atoms with Crippen LogP contribution in [0, 0.1) is 5.92 Å². The fourth-order valence-electron chi connectivity index (χ4n) is 1.64. The smallest absolute Gasteiger partial charge is 0.245 e. The molecule has 0 fully saturated rings. The summed E-state index contributed by atoms with van der Waals surface area (Å²) in [6.07, 6.45) is -0.270. The lowest BCUT2D eigenvalue weighted by molar-refractivity contribution is -0.132. The van der Waals surface area contributed by atoms with Crippen LogP contribution in [0.5, 0.6) is 0 Å². The van der Waals surface area contributed by atoms with E-state index in [0.29, 0.717) is 12.3 Å². The highest BCUT2D eigenvalue weighted by Gasteiger charge is 2.27. The summed E-state index contributed by atoms with van der Waals surface area (Å²) >= 11 is 0. The molecule has 0 aliphatic rings. The summed E-state index contributed by atoms with van der Waals surface area (Å²) in [5.74, 6) is -0.323. The minimum Gasteiger partial charge on any atom is -0.391 e. The van der Waals surface area contributed by atoms with E-state index in [-0.39, 0.29) is 11.9 Å². The largest absolute Gasteiger partial charge is 0.391 e. The Morgan fingerprint density at radius 2 is 1.67 bits per heavy atom. The summed E-state index contributed by atoms with van der Waals surface area (Å²) < 4.78 is 0. The van der Waals surface area contributed by atoms with Crippen molar-refractivity contribution in [2.24, 2.45) is 5.92 Å². The molecule has 0 aliphatic carbocycles. The third-order valence-corrected chi connectivity index (χ3v) is 2.68. The highest BCUT2D eigenvalue weighted by molar-refractivity contribution is 5.90. The monoisotopic (exact) mass is 259 g/mol. The predicted molar refractivity (Wildman–Crippen MR) is 70.0 cm³/mol. The Labute approximate surface area is 109 Å². The molecule has 0 spiro atoms. The minimum absolute atomic E-state index is 0.277. The van der Waals surface area contributed by atoms with Crippen LogP contribution in [-0.2, 0) is 9.59 Å². The van der Waals surface area contributed by atoms with Crippen molar-refractivity contribution in [1.29, 1.82) is 0 Å². The molecule has 3 atom stereocenters. The Balaban J connectivity index is 4.61. The second-order valence-corrected chi connectivity index (χ2v) is 4.81. The van der Waals surface area contributed by atoms with Crippen LogP contribution < -0.4 is 16.0 Å². The van der Waals surface area contributed by atoms with E-state index in [4.69, 9.17) is 0 Å². The maximum atomic E-state index is 12.0. The van der Waals surface area contributed by atoms with E-state index in [9.17, 15) is 14.7 Å². The second kappa shape index (κ2) is 8.05. The molecule has 0 unspecified atom stereocenters. The van der Waals surface area contributed by atoms with Crippen LogP contribution in [0.2, 0.25) is 0 Å². The first-order chi connectivity index (χ1) is 8.33. The van der Waals surface area contributed by atoms with Gasteiger partial charge in [0, 0.05) is 7.05 Å². The van der Waals surface area contributed by atoms with E-state index >= 15 is 0 Å². The molecule has 0 aromatic heterocycles. The van der Waals surface area contributed by atoms with Gasteiger partial charge in [0.15, 0.2) is 0 Å². The van der Waals surface area contributed by atoms with Gasteiger partial charge >= 0.3 is 0 Å². The fraction of sp³-hybridized carbons (Fsp3) is 0.833. The number of aliphatic hydroxyl groups is 1. The minimum atomic E-state index is -0.939. The molecule has 4 N–H and O–H groups in total. The Morgan fingerprint density at radius 3 is 2.00 bits per heavy atom. The van der Waals surface area contributed by atoms with Gasteiger partial charge in [0.2, 0.25) is 11.8 Å². The van der Waals surface area contributed by atoms with E-state index in [0.717, 1.165) is 0 Å². The topological polar surface area (TPSA) is 90.5 Å². The molecule has 106 valence electrons. The molecule has 0 saturated heterocycles. The van der Waals surface area contributed by atoms with Crippen LogP contribution in [0.15, 0.2) is 0 Å². The highest BCUT2D eigenvalue weighted by Crippen LogP contribution is 2.05. The zero-order valence-corrected chi connectivity index (χ0v) is 11.8. The van der Waals surface area contributed by atoms with Crippen LogP contribution in [0.25, 0.3) is 0 Å². The molecule has 0 aromatic rings. The maximum absolute atomic E-state index is 12.0. The van der Waals surface area contributed by atoms with Crippen molar-refractivity contribution in [3.63, 3.8) is 0 Å². The van der Waals surface area contributed by atoms with Crippen LogP contribution in [0.4, 0.5) is 0 Å².